The Balaban J connectivity index is 2.27. The lowest BCUT2D eigenvalue weighted by atomic mass is 10.0. The second kappa shape index (κ2) is 7.62. The van der Waals surface area contributed by atoms with Crippen LogP contribution in [-0.2, 0) is 4.79 Å². The minimum atomic E-state index is -0.908. The number of carbonyl (C=O) groups excluding carboxylic acids is 1. The molecule has 0 fully saturated rings. The zero-order valence-corrected chi connectivity index (χ0v) is 13.3. The van der Waals surface area contributed by atoms with Crippen molar-refractivity contribution in [3.8, 4) is 0 Å². The summed E-state index contributed by atoms with van der Waals surface area (Å²) in [5, 5.41) is 0.671. The lowest BCUT2D eigenvalue weighted by Gasteiger charge is -2.17. The standard InChI is InChI=1S/C17H16ClFOS/c1-12-2-4-13(5-3-12)17(21-11-16(20)10-19)14-6-8-15(18)9-7-14/h2-9,17H,10-11H2,1H3. The summed E-state index contributed by atoms with van der Waals surface area (Å²) in [6.45, 7) is 1.12. The summed E-state index contributed by atoms with van der Waals surface area (Å²) in [5.74, 6) is -0.219. The van der Waals surface area contributed by atoms with Crippen LogP contribution >= 0.6 is 23.4 Å². The molecule has 21 heavy (non-hydrogen) atoms. The van der Waals surface area contributed by atoms with Crippen LogP contribution in [0.5, 0.6) is 0 Å². The van der Waals surface area contributed by atoms with E-state index in [0.717, 1.165) is 11.1 Å². The maximum atomic E-state index is 12.4. The lowest BCUT2D eigenvalue weighted by molar-refractivity contribution is -0.117. The highest BCUT2D eigenvalue weighted by Gasteiger charge is 2.16. The van der Waals surface area contributed by atoms with E-state index in [9.17, 15) is 9.18 Å². The number of aryl methyl sites for hydroxylation is 1. The van der Waals surface area contributed by atoms with Gasteiger partial charge in [-0.05, 0) is 30.2 Å². The summed E-state index contributed by atoms with van der Waals surface area (Å²) in [5.41, 5.74) is 3.33. The number of halogens is 2. The predicted octanol–water partition coefficient (Wildman–Crippen LogP) is 5.01. The van der Waals surface area contributed by atoms with Crippen LogP contribution in [0.1, 0.15) is 21.9 Å². The third kappa shape index (κ3) is 4.58. The molecule has 0 aromatic heterocycles. The maximum absolute atomic E-state index is 12.4. The zero-order valence-electron chi connectivity index (χ0n) is 11.7. The molecule has 0 aliphatic rings. The molecule has 1 atom stereocenters. The number of hydrogen-bond donors (Lipinski definition) is 0. The highest BCUT2D eigenvalue weighted by atomic mass is 35.5. The summed E-state index contributed by atoms with van der Waals surface area (Å²) in [6.07, 6.45) is 0. The first-order valence-corrected chi connectivity index (χ1v) is 8.04. The van der Waals surface area contributed by atoms with Gasteiger partial charge in [0.2, 0.25) is 0 Å². The molecule has 1 unspecified atom stereocenters. The van der Waals surface area contributed by atoms with E-state index in [4.69, 9.17) is 11.6 Å². The molecule has 0 saturated carbocycles. The van der Waals surface area contributed by atoms with E-state index in [2.05, 4.69) is 0 Å². The summed E-state index contributed by atoms with van der Waals surface area (Å²) in [7, 11) is 0. The summed E-state index contributed by atoms with van der Waals surface area (Å²) < 4.78 is 12.4. The Labute approximate surface area is 133 Å². The summed E-state index contributed by atoms with van der Waals surface area (Å²) in [6, 6.07) is 15.7. The Bertz CT molecular complexity index is 550. The highest BCUT2D eigenvalue weighted by Crippen LogP contribution is 2.36. The van der Waals surface area contributed by atoms with Crippen LogP contribution < -0.4 is 0 Å². The number of rotatable bonds is 6. The number of alkyl halides is 1. The molecule has 0 amide bonds. The second-order valence-corrected chi connectivity index (χ2v) is 6.36. The largest absolute Gasteiger partial charge is 0.296 e. The summed E-state index contributed by atoms with van der Waals surface area (Å²) >= 11 is 7.36. The second-order valence-electron chi connectivity index (χ2n) is 4.83. The van der Waals surface area contributed by atoms with E-state index in [-0.39, 0.29) is 16.8 Å². The molecule has 0 aliphatic heterocycles. The fourth-order valence-corrected chi connectivity index (χ4v) is 3.23. The van der Waals surface area contributed by atoms with E-state index in [1.54, 1.807) is 0 Å². The van der Waals surface area contributed by atoms with Gasteiger partial charge in [-0.3, -0.25) is 4.79 Å². The number of carbonyl (C=O) groups is 1. The van der Waals surface area contributed by atoms with Crippen LogP contribution in [0.2, 0.25) is 5.02 Å². The predicted molar refractivity (Wildman–Crippen MR) is 87.9 cm³/mol. The molecule has 2 rings (SSSR count). The van der Waals surface area contributed by atoms with Crippen molar-refractivity contribution < 1.29 is 9.18 Å². The Morgan fingerprint density at radius 3 is 2.14 bits per heavy atom. The number of benzene rings is 2. The van der Waals surface area contributed by atoms with Crippen LogP contribution in [0, 0.1) is 6.92 Å². The molecule has 4 heteroatoms. The monoisotopic (exact) mass is 322 g/mol. The van der Waals surface area contributed by atoms with E-state index in [1.165, 1.54) is 17.3 Å². The first kappa shape index (κ1) is 16.1. The van der Waals surface area contributed by atoms with E-state index < -0.39 is 6.67 Å². The molecule has 0 aliphatic carbocycles. The molecule has 1 nitrogen and oxygen atoms in total. The van der Waals surface area contributed by atoms with Crippen molar-refractivity contribution in [3.63, 3.8) is 0 Å². The van der Waals surface area contributed by atoms with Gasteiger partial charge in [0.05, 0.1) is 11.0 Å². The van der Waals surface area contributed by atoms with Gasteiger partial charge >= 0.3 is 0 Å². The van der Waals surface area contributed by atoms with Gasteiger partial charge in [0.1, 0.15) is 6.67 Å². The van der Waals surface area contributed by atoms with Gasteiger partial charge < -0.3 is 0 Å². The molecule has 0 spiro atoms. The van der Waals surface area contributed by atoms with Gasteiger partial charge in [0.25, 0.3) is 0 Å². The number of hydrogen-bond acceptors (Lipinski definition) is 2. The van der Waals surface area contributed by atoms with Gasteiger partial charge in [-0.2, -0.15) is 0 Å². The fraction of sp³-hybridized carbons (Fsp3) is 0.235. The Hall–Kier alpha value is -1.32. The third-order valence-corrected chi connectivity index (χ3v) is 4.73. The first-order valence-electron chi connectivity index (χ1n) is 6.61. The quantitative estimate of drug-likeness (QED) is 0.743. The lowest BCUT2D eigenvalue weighted by Crippen LogP contribution is -2.07. The van der Waals surface area contributed by atoms with Crippen LogP contribution in [0.4, 0.5) is 4.39 Å². The smallest absolute Gasteiger partial charge is 0.173 e. The summed E-state index contributed by atoms with van der Waals surface area (Å²) in [4.78, 5) is 11.3. The van der Waals surface area contributed by atoms with Gasteiger partial charge in [0.15, 0.2) is 5.78 Å². The van der Waals surface area contributed by atoms with Crippen LogP contribution in [0.3, 0.4) is 0 Å². The fourth-order valence-electron chi connectivity index (χ4n) is 1.98. The molecular formula is C17H16ClFOS. The van der Waals surface area contributed by atoms with Crippen molar-refractivity contribution in [1.29, 1.82) is 0 Å². The van der Waals surface area contributed by atoms with Crippen molar-refractivity contribution in [2.24, 2.45) is 0 Å². The molecular weight excluding hydrogens is 307 g/mol. The van der Waals surface area contributed by atoms with Crippen molar-refractivity contribution in [1.82, 2.24) is 0 Å². The average Bonchev–Trinajstić information content (AvgIpc) is 2.50. The first-order chi connectivity index (χ1) is 10.1. The van der Waals surface area contributed by atoms with E-state index in [1.807, 2.05) is 55.5 Å². The maximum Gasteiger partial charge on any atom is 0.173 e. The van der Waals surface area contributed by atoms with Crippen molar-refractivity contribution in [3.05, 3.63) is 70.2 Å². The molecule has 2 aromatic rings. The molecule has 0 radical (unpaired) electrons. The molecule has 0 N–H and O–H groups in total. The molecule has 110 valence electrons. The minimum absolute atomic E-state index is 0.00151. The van der Waals surface area contributed by atoms with E-state index in [0.29, 0.717) is 5.02 Å². The zero-order chi connectivity index (χ0) is 15.2. The number of Topliss-reactive ketones (excluding diaryl/α,β-unsaturated/α-hetero) is 1. The Morgan fingerprint density at radius 1 is 1.10 bits per heavy atom. The van der Waals surface area contributed by atoms with Gasteiger partial charge in [-0.15, -0.1) is 11.8 Å². The third-order valence-electron chi connectivity index (χ3n) is 3.11. The number of thioether (sulfide) groups is 1. The minimum Gasteiger partial charge on any atom is -0.296 e. The van der Waals surface area contributed by atoms with Crippen LogP contribution in [0.15, 0.2) is 48.5 Å². The Kier molecular flexibility index (Phi) is 5.83. The average molecular weight is 323 g/mol. The van der Waals surface area contributed by atoms with Gasteiger partial charge in [0, 0.05) is 5.02 Å². The highest BCUT2D eigenvalue weighted by molar-refractivity contribution is 8.00. The SMILES string of the molecule is Cc1ccc(C(SCC(=O)CF)c2ccc(Cl)cc2)cc1. The molecule has 0 heterocycles. The van der Waals surface area contributed by atoms with Gasteiger partial charge in [-0.1, -0.05) is 53.6 Å². The van der Waals surface area contributed by atoms with Crippen molar-refractivity contribution in [2.45, 2.75) is 12.2 Å². The van der Waals surface area contributed by atoms with Crippen molar-refractivity contribution in [2.75, 3.05) is 12.4 Å². The Morgan fingerprint density at radius 2 is 1.62 bits per heavy atom. The number of ketones is 1. The van der Waals surface area contributed by atoms with Crippen molar-refractivity contribution >= 4 is 29.1 Å². The van der Waals surface area contributed by atoms with E-state index >= 15 is 0 Å². The molecule has 0 saturated heterocycles. The normalized spacial score (nSPS) is 12.1. The topological polar surface area (TPSA) is 17.1 Å². The molecule has 0 bridgehead atoms. The van der Waals surface area contributed by atoms with Gasteiger partial charge in [-0.25, -0.2) is 4.39 Å². The molecule has 2 aromatic carbocycles. The van der Waals surface area contributed by atoms with Crippen LogP contribution in [-0.4, -0.2) is 18.2 Å². The van der Waals surface area contributed by atoms with Crippen LogP contribution in [0.25, 0.3) is 0 Å².